The second-order valence-electron chi connectivity index (χ2n) is 9.09. The first-order valence-corrected chi connectivity index (χ1v) is 12.4. The molecule has 2 N–H and O–H groups in total. The maximum atomic E-state index is 14.0. The Morgan fingerprint density at radius 1 is 0.949 bits per heavy atom. The van der Waals surface area contributed by atoms with Crippen LogP contribution < -0.4 is 5.32 Å². The van der Waals surface area contributed by atoms with Crippen LogP contribution in [0.25, 0.3) is 16.8 Å². The normalized spacial score (nSPS) is 11.9. The molecule has 5 rings (SSSR count). The van der Waals surface area contributed by atoms with Gasteiger partial charge in [0, 0.05) is 23.7 Å². The van der Waals surface area contributed by atoms with Crippen LogP contribution in [-0.2, 0) is 6.54 Å². The fraction of sp³-hybridized carbons (Fsp3) is 0.100. The van der Waals surface area contributed by atoms with Gasteiger partial charge in [-0.05, 0) is 70.8 Å². The standard InChI is InChI=1S/C30H22ClF2N3O3/c1-17(19-6-9-23(31)10-7-19)27-16-34-28-14-22(21-8-11-24(32)25(33)12-21)13-26(36(27)28)29(37)35-15-18-2-4-20(5-3-18)30(38)39/h2-14,16-17H,15H2,1H3,(H,35,37)(H,38,39). The second-order valence-corrected chi connectivity index (χ2v) is 9.53. The van der Waals surface area contributed by atoms with Crippen molar-refractivity contribution in [1.82, 2.24) is 14.7 Å². The average molecular weight is 546 g/mol. The summed E-state index contributed by atoms with van der Waals surface area (Å²) in [5, 5.41) is 12.6. The largest absolute Gasteiger partial charge is 0.478 e. The highest BCUT2D eigenvalue weighted by Crippen LogP contribution is 2.30. The van der Waals surface area contributed by atoms with E-state index in [2.05, 4.69) is 10.3 Å². The van der Waals surface area contributed by atoms with E-state index in [-0.39, 0.29) is 23.7 Å². The second kappa shape index (κ2) is 10.7. The third kappa shape index (κ3) is 5.37. The van der Waals surface area contributed by atoms with Crippen molar-refractivity contribution in [1.29, 1.82) is 0 Å². The molecule has 2 aromatic heterocycles. The molecule has 1 unspecified atom stereocenters. The van der Waals surface area contributed by atoms with Gasteiger partial charge in [0.05, 0.1) is 11.3 Å². The topological polar surface area (TPSA) is 83.7 Å². The number of pyridine rings is 1. The molecule has 0 saturated heterocycles. The quantitative estimate of drug-likeness (QED) is 0.238. The fourth-order valence-corrected chi connectivity index (χ4v) is 4.54. The first-order chi connectivity index (χ1) is 18.7. The van der Waals surface area contributed by atoms with Crippen LogP contribution in [-0.4, -0.2) is 26.4 Å². The Morgan fingerprint density at radius 3 is 2.33 bits per heavy atom. The summed E-state index contributed by atoms with van der Waals surface area (Å²) in [5.74, 6) is -3.57. The minimum Gasteiger partial charge on any atom is -0.478 e. The third-order valence-corrected chi connectivity index (χ3v) is 6.84. The Balaban J connectivity index is 1.56. The van der Waals surface area contributed by atoms with Gasteiger partial charge >= 0.3 is 5.97 Å². The molecular weight excluding hydrogens is 524 g/mol. The van der Waals surface area contributed by atoms with Gasteiger partial charge in [0.15, 0.2) is 11.6 Å². The Kier molecular flexibility index (Phi) is 7.13. The molecule has 39 heavy (non-hydrogen) atoms. The zero-order valence-corrected chi connectivity index (χ0v) is 21.4. The molecule has 0 aliphatic rings. The van der Waals surface area contributed by atoms with Gasteiger partial charge in [0.2, 0.25) is 0 Å². The Labute approximate surface area is 227 Å². The number of carbonyl (C=O) groups excluding carboxylic acids is 1. The third-order valence-electron chi connectivity index (χ3n) is 6.59. The summed E-state index contributed by atoms with van der Waals surface area (Å²) in [5.41, 5.74) is 4.17. The van der Waals surface area contributed by atoms with E-state index in [9.17, 15) is 18.4 Å². The molecule has 0 aliphatic heterocycles. The smallest absolute Gasteiger partial charge is 0.335 e. The number of aromatic nitrogens is 2. The summed E-state index contributed by atoms with van der Waals surface area (Å²) < 4.78 is 29.4. The summed E-state index contributed by atoms with van der Waals surface area (Å²) in [6.45, 7) is 2.13. The van der Waals surface area contributed by atoms with Crippen molar-refractivity contribution < 1.29 is 23.5 Å². The van der Waals surface area contributed by atoms with Gasteiger partial charge in [-0.1, -0.05) is 48.9 Å². The van der Waals surface area contributed by atoms with Gasteiger partial charge in [0.1, 0.15) is 11.3 Å². The monoisotopic (exact) mass is 545 g/mol. The first kappa shape index (κ1) is 26.1. The lowest BCUT2D eigenvalue weighted by Gasteiger charge is -2.16. The lowest BCUT2D eigenvalue weighted by atomic mass is 9.98. The fourth-order valence-electron chi connectivity index (χ4n) is 4.41. The number of amides is 1. The van der Waals surface area contributed by atoms with Crippen LogP contribution in [0.15, 0.2) is 85.1 Å². The van der Waals surface area contributed by atoms with E-state index in [1.165, 1.54) is 18.2 Å². The number of rotatable bonds is 7. The number of fused-ring (bicyclic) bond motifs is 1. The number of carboxylic acid groups (broad SMARTS) is 1. The van der Waals surface area contributed by atoms with E-state index in [1.807, 2.05) is 19.1 Å². The molecule has 1 amide bonds. The minimum atomic E-state index is -1.04. The van der Waals surface area contributed by atoms with Crippen LogP contribution in [0, 0.1) is 11.6 Å². The zero-order chi connectivity index (χ0) is 27.7. The van der Waals surface area contributed by atoms with E-state index in [1.54, 1.807) is 47.0 Å². The predicted octanol–water partition coefficient (Wildman–Crippen LogP) is 6.71. The molecular formula is C30H22ClF2N3O3. The Hall–Kier alpha value is -4.56. The van der Waals surface area contributed by atoms with Gasteiger partial charge in [-0.15, -0.1) is 0 Å². The summed E-state index contributed by atoms with van der Waals surface area (Å²) in [7, 11) is 0. The number of carboxylic acids is 1. The van der Waals surface area contributed by atoms with Gasteiger partial charge in [-0.3, -0.25) is 9.20 Å². The highest BCUT2D eigenvalue weighted by molar-refractivity contribution is 6.30. The molecule has 196 valence electrons. The average Bonchev–Trinajstić information content (AvgIpc) is 3.37. The molecule has 9 heteroatoms. The molecule has 0 radical (unpaired) electrons. The van der Waals surface area contributed by atoms with Gasteiger partial charge < -0.3 is 10.4 Å². The number of hydrogen-bond donors (Lipinski definition) is 2. The number of nitrogens with zero attached hydrogens (tertiary/aromatic N) is 2. The zero-order valence-electron chi connectivity index (χ0n) is 20.7. The van der Waals surface area contributed by atoms with Crippen LogP contribution in [0.2, 0.25) is 5.02 Å². The van der Waals surface area contributed by atoms with Crippen molar-refractivity contribution in [2.24, 2.45) is 0 Å². The highest BCUT2D eigenvalue weighted by atomic mass is 35.5. The number of aromatic carboxylic acids is 1. The SMILES string of the molecule is CC(c1ccc(Cl)cc1)c1cnc2cc(-c3ccc(F)c(F)c3)cc(C(=O)NCc3ccc(C(=O)O)cc3)n12. The van der Waals surface area contributed by atoms with Crippen LogP contribution >= 0.6 is 11.6 Å². The van der Waals surface area contributed by atoms with Crippen LogP contribution in [0.3, 0.4) is 0 Å². The Bertz CT molecular complexity index is 1700. The molecule has 0 fully saturated rings. The van der Waals surface area contributed by atoms with E-state index in [4.69, 9.17) is 16.7 Å². The van der Waals surface area contributed by atoms with Gasteiger partial charge in [-0.25, -0.2) is 18.6 Å². The summed E-state index contributed by atoms with van der Waals surface area (Å²) in [6.07, 6.45) is 1.69. The minimum absolute atomic E-state index is 0.144. The van der Waals surface area contributed by atoms with Crippen LogP contribution in [0.1, 0.15) is 50.5 Å². The maximum Gasteiger partial charge on any atom is 0.335 e. The van der Waals surface area contributed by atoms with E-state index in [0.717, 1.165) is 23.4 Å². The molecule has 2 heterocycles. The summed E-state index contributed by atoms with van der Waals surface area (Å²) in [4.78, 5) is 29.2. The molecule has 0 saturated carbocycles. The summed E-state index contributed by atoms with van der Waals surface area (Å²) in [6, 6.07) is 20.5. The van der Waals surface area contributed by atoms with Crippen LogP contribution in [0.4, 0.5) is 8.78 Å². The predicted molar refractivity (Wildman–Crippen MR) is 144 cm³/mol. The van der Waals surface area contributed by atoms with Crippen molar-refractivity contribution in [3.63, 3.8) is 0 Å². The van der Waals surface area contributed by atoms with Crippen molar-refractivity contribution in [2.45, 2.75) is 19.4 Å². The number of carbonyl (C=O) groups is 2. The number of halogens is 3. The summed E-state index contributed by atoms with van der Waals surface area (Å²) >= 11 is 6.06. The van der Waals surface area contributed by atoms with Crippen molar-refractivity contribution in [2.75, 3.05) is 0 Å². The number of nitrogens with one attached hydrogen (secondary N) is 1. The molecule has 6 nitrogen and oxygen atoms in total. The van der Waals surface area contributed by atoms with E-state index in [0.29, 0.717) is 27.4 Å². The van der Waals surface area contributed by atoms with Gasteiger partial charge in [-0.2, -0.15) is 0 Å². The molecule has 1 atom stereocenters. The first-order valence-electron chi connectivity index (χ1n) is 12.0. The molecule has 3 aromatic carbocycles. The van der Waals surface area contributed by atoms with Crippen molar-refractivity contribution in [3.05, 3.63) is 130 Å². The van der Waals surface area contributed by atoms with E-state index >= 15 is 0 Å². The molecule has 5 aromatic rings. The molecule has 0 aliphatic carbocycles. The van der Waals surface area contributed by atoms with Gasteiger partial charge in [0.25, 0.3) is 5.91 Å². The van der Waals surface area contributed by atoms with Crippen molar-refractivity contribution in [3.8, 4) is 11.1 Å². The number of hydrogen-bond acceptors (Lipinski definition) is 3. The van der Waals surface area contributed by atoms with E-state index < -0.39 is 23.5 Å². The number of benzene rings is 3. The molecule has 0 spiro atoms. The number of imidazole rings is 1. The lowest BCUT2D eigenvalue weighted by molar-refractivity contribution is 0.0696. The highest BCUT2D eigenvalue weighted by Gasteiger charge is 2.21. The lowest BCUT2D eigenvalue weighted by Crippen LogP contribution is -2.25. The molecule has 0 bridgehead atoms. The maximum absolute atomic E-state index is 14.0. The Morgan fingerprint density at radius 2 is 1.67 bits per heavy atom. The van der Waals surface area contributed by atoms with Crippen LogP contribution in [0.5, 0.6) is 0 Å². The van der Waals surface area contributed by atoms with Crippen molar-refractivity contribution >= 4 is 29.1 Å².